The Bertz CT molecular complexity index is 498. The molecule has 0 saturated carbocycles. The molecule has 0 unspecified atom stereocenters. The van der Waals surface area contributed by atoms with Crippen molar-refractivity contribution in [2.24, 2.45) is 0 Å². The standard InChI is InChI=1S/C15H21ClN2O3/c1-15(2,3)21-14(20)18-8-7-17-13(19)12-6-4-5-11(9-12)10-16/h4-6,9H,7-8,10H2,1-3H3,(H,17,19)(H,18,20). The van der Waals surface area contributed by atoms with E-state index in [0.717, 1.165) is 5.56 Å². The Labute approximate surface area is 130 Å². The minimum absolute atomic E-state index is 0.201. The van der Waals surface area contributed by atoms with Gasteiger partial charge in [0.25, 0.3) is 5.91 Å². The van der Waals surface area contributed by atoms with E-state index in [1.807, 2.05) is 6.07 Å². The zero-order valence-corrected chi connectivity index (χ0v) is 13.3. The van der Waals surface area contributed by atoms with Crippen LogP contribution in [0.1, 0.15) is 36.7 Å². The zero-order valence-electron chi connectivity index (χ0n) is 12.5. The van der Waals surface area contributed by atoms with Crippen molar-refractivity contribution in [2.75, 3.05) is 13.1 Å². The number of carbonyl (C=O) groups excluding carboxylic acids is 2. The van der Waals surface area contributed by atoms with Crippen LogP contribution in [-0.4, -0.2) is 30.7 Å². The number of nitrogens with one attached hydrogen (secondary N) is 2. The quantitative estimate of drug-likeness (QED) is 0.649. The van der Waals surface area contributed by atoms with Crippen LogP contribution in [0, 0.1) is 0 Å². The smallest absolute Gasteiger partial charge is 0.407 e. The first-order valence-electron chi connectivity index (χ1n) is 6.72. The maximum atomic E-state index is 11.9. The highest BCUT2D eigenvalue weighted by atomic mass is 35.5. The van der Waals surface area contributed by atoms with Gasteiger partial charge in [-0.25, -0.2) is 4.79 Å². The number of alkyl halides is 1. The molecular weight excluding hydrogens is 292 g/mol. The average Bonchev–Trinajstić information content (AvgIpc) is 2.41. The Morgan fingerprint density at radius 2 is 1.86 bits per heavy atom. The fourth-order valence-electron chi connectivity index (χ4n) is 1.55. The maximum absolute atomic E-state index is 11.9. The van der Waals surface area contributed by atoms with Crippen LogP contribution in [0.2, 0.25) is 0 Å². The van der Waals surface area contributed by atoms with Gasteiger partial charge in [-0.3, -0.25) is 4.79 Å². The largest absolute Gasteiger partial charge is 0.444 e. The van der Waals surface area contributed by atoms with Crippen LogP contribution in [0.15, 0.2) is 24.3 Å². The van der Waals surface area contributed by atoms with Gasteiger partial charge in [-0.2, -0.15) is 0 Å². The Hall–Kier alpha value is -1.75. The molecule has 2 amide bonds. The van der Waals surface area contributed by atoms with Crippen LogP contribution in [0.4, 0.5) is 4.79 Å². The summed E-state index contributed by atoms with van der Waals surface area (Å²) in [5.74, 6) is 0.161. The highest BCUT2D eigenvalue weighted by molar-refractivity contribution is 6.17. The molecule has 0 heterocycles. The van der Waals surface area contributed by atoms with Gasteiger partial charge < -0.3 is 15.4 Å². The van der Waals surface area contributed by atoms with Crippen molar-refractivity contribution in [2.45, 2.75) is 32.3 Å². The summed E-state index contributed by atoms with van der Waals surface area (Å²) in [5.41, 5.74) is 0.900. The molecule has 0 aliphatic rings. The van der Waals surface area contributed by atoms with Crippen LogP contribution < -0.4 is 10.6 Å². The number of benzene rings is 1. The van der Waals surface area contributed by atoms with E-state index in [9.17, 15) is 9.59 Å². The second kappa shape index (κ2) is 7.88. The first kappa shape index (κ1) is 17.3. The molecule has 0 fully saturated rings. The van der Waals surface area contributed by atoms with Crippen LogP contribution >= 0.6 is 11.6 Å². The molecule has 1 aromatic rings. The number of halogens is 1. The number of carbonyl (C=O) groups is 2. The Morgan fingerprint density at radius 1 is 1.19 bits per heavy atom. The van der Waals surface area contributed by atoms with Gasteiger partial charge in [-0.1, -0.05) is 12.1 Å². The molecule has 0 saturated heterocycles. The summed E-state index contributed by atoms with van der Waals surface area (Å²) in [7, 11) is 0. The maximum Gasteiger partial charge on any atom is 0.407 e. The Morgan fingerprint density at radius 3 is 2.48 bits per heavy atom. The van der Waals surface area contributed by atoms with E-state index in [1.165, 1.54) is 0 Å². The van der Waals surface area contributed by atoms with Crippen molar-refractivity contribution in [3.63, 3.8) is 0 Å². The first-order chi connectivity index (χ1) is 9.81. The molecule has 5 nitrogen and oxygen atoms in total. The van der Waals surface area contributed by atoms with E-state index >= 15 is 0 Å². The summed E-state index contributed by atoms with van der Waals surface area (Å²) in [6, 6.07) is 7.09. The second-order valence-electron chi connectivity index (χ2n) is 5.52. The molecule has 21 heavy (non-hydrogen) atoms. The van der Waals surface area contributed by atoms with E-state index in [-0.39, 0.29) is 5.91 Å². The summed E-state index contributed by atoms with van der Waals surface area (Å²) in [6.07, 6.45) is -0.499. The predicted octanol–water partition coefficient (Wildman–Crippen LogP) is 2.68. The van der Waals surface area contributed by atoms with Crippen molar-refractivity contribution in [3.8, 4) is 0 Å². The van der Waals surface area contributed by atoms with E-state index in [2.05, 4.69) is 10.6 Å². The van der Waals surface area contributed by atoms with Crippen molar-refractivity contribution in [3.05, 3.63) is 35.4 Å². The third kappa shape index (κ3) is 6.99. The molecule has 0 aliphatic heterocycles. The first-order valence-corrected chi connectivity index (χ1v) is 7.25. The molecule has 1 rings (SSSR count). The summed E-state index contributed by atoms with van der Waals surface area (Å²) in [6.45, 7) is 5.99. The van der Waals surface area contributed by atoms with Gasteiger partial charge in [0.2, 0.25) is 0 Å². The molecule has 0 radical (unpaired) electrons. The number of amides is 2. The lowest BCUT2D eigenvalue weighted by molar-refractivity contribution is 0.0526. The highest BCUT2D eigenvalue weighted by Gasteiger charge is 2.15. The van der Waals surface area contributed by atoms with Gasteiger partial charge in [-0.15, -0.1) is 11.6 Å². The van der Waals surface area contributed by atoms with E-state index in [4.69, 9.17) is 16.3 Å². The lowest BCUT2D eigenvalue weighted by atomic mass is 10.1. The van der Waals surface area contributed by atoms with Crippen molar-refractivity contribution in [1.82, 2.24) is 10.6 Å². The molecule has 0 spiro atoms. The van der Waals surface area contributed by atoms with Gasteiger partial charge in [0.15, 0.2) is 0 Å². The van der Waals surface area contributed by atoms with E-state index < -0.39 is 11.7 Å². The lowest BCUT2D eigenvalue weighted by Gasteiger charge is -2.19. The predicted molar refractivity (Wildman–Crippen MR) is 82.6 cm³/mol. The molecule has 116 valence electrons. The van der Waals surface area contributed by atoms with Crippen LogP contribution in [0.3, 0.4) is 0 Å². The fourth-order valence-corrected chi connectivity index (χ4v) is 1.72. The third-order valence-electron chi connectivity index (χ3n) is 2.42. The zero-order chi connectivity index (χ0) is 15.9. The van der Waals surface area contributed by atoms with Crippen molar-refractivity contribution >= 4 is 23.6 Å². The minimum atomic E-state index is -0.532. The number of hydrogen-bond donors (Lipinski definition) is 2. The lowest BCUT2D eigenvalue weighted by Crippen LogP contribution is -2.37. The van der Waals surface area contributed by atoms with Crippen LogP contribution in [0.5, 0.6) is 0 Å². The molecule has 1 aromatic carbocycles. The number of alkyl carbamates (subject to hydrolysis) is 1. The van der Waals surface area contributed by atoms with Gasteiger partial charge in [0.1, 0.15) is 5.60 Å². The summed E-state index contributed by atoms with van der Waals surface area (Å²) < 4.78 is 5.08. The van der Waals surface area contributed by atoms with Gasteiger partial charge in [0.05, 0.1) is 0 Å². The fraction of sp³-hybridized carbons (Fsp3) is 0.467. The van der Waals surface area contributed by atoms with Crippen LogP contribution in [0.25, 0.3) is 0 Å². The molecule has 0 bridgehead atoms. The van der Waals surface area contributed by atoms with Crippen LogP contribution in [-0.2, 0) is 10.6 Å². The number of hydrogen-bond acceptors (Lipinski definition) is 3. The number of rotatable bonds is 5. The highest BCUT2D eigenvalue weighted by Crippen LogP contribution is 2.08. The summed E-state index contributed by atoms with van der Waals surface area (Å²) in [4.78, 5) is 23.3. The SMILES string of the molecule is CC(C)(C)OC(=O)NCCNC(=O)c1cccc(CCl)c1. The van der Waals surface area contributed by atoms with E-state index in [1.54, 1.807) is 39.0 Å². The molecule has 0 aromatic heterocycles. The van der Waals surface area contributed by atoms with Gasteiger partial charge >= 0.3 is 6.09 Å². The van der Waals surface area contributed by atoms with E-state index in [0.29, 0.717) is 24.5 Å². The monoisotopic (exact) mass is 312 g/mol. The minimum Gasteiger partial charge on any atom is -0.444 e. The molecule has 6 heteroatoms. The molecular formula is C15H21ClN2O3. The second-order valence-corrected chi connectivity index (χ2v) is 5.79. The molecule has 0 atom stereocenters. The van der Waals surface area contributed by atoms with Crippen molar-refractivity contribution in [1.29, 1.82) is 0 Å². The van der Waals surface area contributed by atoms with Gasteiger partial charge in [-0.05, 0) is 38.5 Å². The number of ether oxygens (including phenoxy) is 1. The third-order valence-corrected chi connectivity index (χ3v) is 2.73. The Kier molecular flexibility index (Phi) is 6.49. The normalized spacial score (nSPS) is 10.9. The summed E-state index contributed by atoms with van der Waals surface area (Å²) in [5, 5.41) is 5.29. The molecule has 0 aliphatic carbocycles. The topological polar surface area (TPSA) is 67.4 Å². The van der Waals surface area contributed by atoms with Gasteiger partial charge in [0, 0.05) is 24.5 Å². The average molecular weight is 313 g/mol. The van der Waals surface area contributed by atoms with Crippen molar-refractivity contribution < 1.29 is 14.3 Å². The Balaban J connectivity index is 2.32. The molecule has 2 N–H and O–H groups in total. The summed E-state index contributed by atoms with van der Waals surface area (Å²) >= 11 is 5.72.